The molecule has 1 unspecified atom stereocenters. The molecular formula is C18H31N. The van der Waals surface area contributed by atoms with Gasteiger partial charge in [0.15, 0.2) is 0 Å². The van der Waals surface area contributed by atoms with Gasteiger partial charge in [0.05, 0.1) is 0 Å². The van der Waals surface area contributed by atoms with Gasteiger partial charge in [0.1, 0.15) is 0 Å². The highest BCUT2D eigenvalue weighted by atomic mass is 14.7. The first kappa shape index (κ1) is 16.2. The number of pyridine rings is 1. The van der Waals surface area contributed by atoms with Crippen molar-refractivity contribution in [3.05, 3.63) is 30.1 Å². The van der Waals surface area contributed by atoms with E-state index in [0.29, 0.717) is 5.92 Å². The predicted molar refractivity (Wildman–Crippen MR) is 84.5 cm³/mol. The minimum atomic E-state index is 0.668. The quantitative estimate of drug-likeness (QED) is 0.438. The molecule has 0 amide bonds. The maximum Gasteiger partial charge on any atom is 0.0434 e. The summed E-state index contributed by atoms with van der Waals surface area (Å²) in [6, 6.07) is 6.30. The third-order valence-electron chi connectivity index (χ3n) is 4.00. The van der Waals surface area contributed by atoms with Crippen molar-refractivity contribution in [1.82, 2.24) is 4.98 Å². The number of unbranched alkanes of at least 4 members (excludes halogenated alkanes) is 7. The summed E-state index contributed by atoms with van der Waals surface area (Å²) < 4.78 is 0. The van der Waals surface area contributed by atoms with Gasteiger partial charge in [-0.05, 0) is 25.0 Å². The van der Waals surface area contributed by atoms with Crippen LogP contribution >= 0.6 is 0 Å². The van der Waals surface area contributed by atoms with Gasteiger partial charge in [-0.2, -0.15) is 0 Å². The Morgan fingerprint density at radius 2 is 1.58 bits per heavy atom. The van der Waals surface area contributed by atoms with E-state index in [2.05, 4.69) is 31.0 Å². The largest absolute Gasteiger partial charge is 0.261 e. The van der Waals surface area contributed by atoms with E-state index < -0.39 is 0 Å². The molecule has 0 aliphatic heterocycles. The Hall–Kier alpha value is -0.850. The molecule has 1 aromatic rings. The number of nitrogens with zero attached hydrogens (tertiary/aromatic N) is 1. The van der Waals surface area contributed by atoms with Crippen molar-refractivity contribution in [2.75, 3.05) is 0 Å². The van der Waals surface area contributed by atoms with E-state index in [9.17, 15) is 0 Å². The molecular weight excluding hydrogens is 230 g/mol. The zero-order valence-corrected chi connectivity index (χ0v) is 12.9. The Labute approximate surface area is 119 Å². The zero-order chi connectivity index (χ0) is 13.8. The van der Waals surface area contributed by atoms with Crippen LogP contribution in [0.15, 0.2) is 24.4 Å². The van der Waals surface area contributed by atoms with Gasteiger partial charge in [0.25, 0.3) is 0 Å². The molecule has 1 rings (SSSR count). The van der Waals surface area contributed by atoms with Gasteiger partial charge in [0.2, 0.25) is 0 Å². The molecule has 0 aliphatic carbocycles. The van der Waals surface area contributed by atoms with E-state index in [1.807, 2.05) is 12.3 Å². The van der Waals surface area contributed by atoms with Gasteiger partial charge in [0, 0.05) is 17.8 Å². The summed E-state index contributed by atoms with van der Waals surface area (Å²) in [5, 5.41) is 0. The second-order valence-electron chi connectivity index (χ2n) is 5.62. The molecule has 1 heteroatoms. The lowest BCUT2D eigenvalue weighted by atomic mass is 9.94. The van der Waals surface area contributed by atoms with E-state index in [1.165, 1.54) is 69.9 Å². The van der Waals surface area contributed by atoms with Crippen LogP contribution in [0.3, 0.4) is 0 Å². The number of hydrogen-bond donors (Lipinski definition) is 0. The van der Waals surface area contributed by atoms with Crippen molar-refractivity contribution in [3.8, 4) is 0 Å². The van der Waals surface area contributed by atoms with Crippen molar-refractivity contribution >= 4 is 0 Å². The van der Waals surface area contributed by atoms with E-state index >= 15 is 0 Å². The molecule has 0 saturated carbocycles. The third kappa shape index (κ3) is 7.34. The highest BCUT2D eigenvalue weighted by Crippen LogP contribution is 2.24. The molecule has 1 atom stereocenters. The molecule has 0 fully saturated rings. The molecule has 1 aromatic heterocycles. The van der Waals surface area contributed by atoms with Crippen LogP contribution in [-0.2, 0) is 0 Å². The monoisotopic (exact) mass is 261 g/mol. The Kier molecular flexibility index (Phi) is 9.40. The molecule has 1 nitrogen and oxygen atoms in total. The van der Waals surface area contributed by atoms with E-state index in [0.717, 1.165) is 0 Å². The molecule has 0 bridgehead atoms. The van der Waals surface area contributed by atoms with E-state index in [-0.39, 0.29) is 0 Å². The van der Waals surface area contributed by atoms with Gasteiger partial charge < -0.3 is 0 Å². The van der Waals surface area contributed by atoms with Crippen LogP contribution in [0.25, 0.3) is 0 Å². The van der Waals surface area contributed by atoms with Crippen molar-refractivity contribution in [3.63, 3.8) is 0 Å². The normalized spacial score (nSPS) is 12.5. The topological polar surface area (TPSA) is 12.9 Å². The fraction of sp³-hybridized carbons (Fsp3) is 0.722. The standard InChI is InChI=1S/C18H31N/c1-3-5-6-7-8-9-10-11-14-17(4-2)18-15-12-13-16-19-18/h12-13,15-17H,3-11,14H2,1-2H3. The molecule has 108 valence electrons. The summed E-state index contributed by atoms with van der Waals surface area (Å²) >= 11 is 0. The smallest absolute Gasteiger partial charge is 0.0434 e. The van der Waals surface area contributed by atoms with Crippen LogP contribution < -0.4 is 0 Å². The second kappa shape index (κ2) is 11.0. The van der Waals surface area contributed by atoms with Crippen LogP contribution in [0, 0.1) is 0 Å². The van der Waals surface area contributed by atoms with Crippen molar-refractivity contribution in [1.29, 1.82) is 0 Å². The first-order valence-electron chi connectivity index (χ1n) is 8.29. The van der Waals surface area contributed by atoms with Crippen molar-refractivity contribution in [2.24, 2.45) is 0 Å². The second-order valence-corrected chi connectivity index (χ2v) is 5.62. The van der Waals surface area contributed by atoms with Gasteiger partial charge in [-0.15, -0.1) is 0 Å². The molecule has 0 N–H and O–H groups in total. The summed E-state index contributed by atoms with van der Waals surface area (Å²) in [5.74, 6) is 0.668. The summed E-state index contributed by atoms with van der Waals surface area (Å²) in [6.45, 7) is 4.56. The summed E-state index contributed by atoms with van der Waals surface area (Å²) in [5.41, 5.74) is 1.29. The maximum absolute atomic E-state index is 4.50. The lowest BCUT2D eigenvalue weighted by molar-refractivity contribution is 0.516. The Bertz CT molecular complexity index is 294. The highest BCUT2D eigenvalue weighted by Gasteiger charge is 2.09. The first-order chi connectivity index (χ1) is 9.38. The van der Waals surface area contributed by atoms with Crippen LogP contribution in [0.5, 0.6) is 0 Å². The van der Waals surface area contributed by atoms with Gasteiger partial charge >= 0.3 is 0 Å². The molecule has 0 aliphatic rings. The summed E-state index contributed by atoms with van der Waals surface area (Å²) in [6.07, 6.45) is 15.7. The molecule has 0 saturated heterocycles. The third-order valence-corrected chi connectivity index (χ3v) is 4.00. The molecule has 19 heavy (non-hydrogen) atoms. The van der Waals surface area contributed by atoms with Crippen LogP contribution in [-0.4, -0.2) is 4.98 Å². The Balaban J connectivity index is 2.07. The van der Waals surface area contributed by atoms with Crippen LogP contribution in [0.1, 0.15) is 89.7 Å². The lowest BCUT2D eigenvalue weighted by Crippen LogP contribution is -1.99. The Morgan fingerprint density at radius 3 is 2.16 bits per heavy atom. The van der Waals surface area contributed by atoms with Crippen LogP contribution in [0.2, 0.25) is 0 Å². The van der Waals surface area contributed by atoms with Gasteiger partial charge in [-0.1, -0.05) is 71.3 Å². The van der Waals surface area contributed by atoms with Crippen molar-refractivity contribution in [2.45, 2.75) is 84.0 Å². The van der Waals surface area contributed by atoms with Crippen molar-refractivity contribution < 1.29 is 0 Å². The summed E-state index contributed by atoms with van der Waals surface area (Å²) in [4.78, 5) is 4.50. The highest BCUT2D eigenvalue weighted by molar-refractivity contribution is 5.08. The fourth-order valence-electron chi connectivity index (χ4n) is 2.70. The number of rotatable bonds is 11. The minimum absolute atomic E-state index is 0.668. The van der Waals surface area contributed by atoms with Gasteiger partial charge in [-0.3, -0.25) is 4.98 Å². The predicted octanol–water partition coefficient (Wildman–Crippen LogP) is 6.11. The number of aromatic nitrogens is 1. The fourth-order valence-corrected chi connectivity index (χ4v) is 2.70. The molecule has 1 heterocycles. The molecule has 0 radical (unpaired) electrons. The lowest BCUT2D eigenvalue weighted by Gasteiger charge is -2.13. The first-order valence-corrected chi connectivity index (χ1v) is 8.29. The Morgan fingerprint density at radius 1 is 0.895 bits per heavy atom. The van der Waals surface area contributed by atoms with Gasteiger partial charge in [-0.25, -0.2) is 0 Å². The summed E-state index contributed by atoms with van der Waals surface area (Å²) in [7, 11) is 0. The zero-order valence-electron chi connectivity index (χ0n) is 12.9. The maximum atomic E-state index is 4.50. The molecule has 0 spiro atoms. The average Bonchev–Trinajstić information content (AvgIpc) is 2.47. The average molecular weight is 261 g/mol. The minimum Gasteiger partial charge on any atom is -0.261 e. The molecule has 0 aromatic carbocycles. The number of hydrogen-bond acceptors (Lipinski definition) is 1. The SMILES string of the molecule is CCCCCCCCCCC(CC)c1ccccn1. The van der Waals surface area contributed by atoms with Crippen LogP contribution in [0.4, 0.5) is 0 Å². The van der Waals surface area contributed by atoms with E-state index in [1.54, 1.807) is 0 Å². The van der Waals surface area contributed by atoms with E-state index in [4.69, 9.17) is 0 Å².